The van der Waals surface area contributed by atoms with Gasteiger partial charge in [-0.25, -0.2) is 0 Å². The molecule has 0 aliphatic carbocycles. The van der Waals surface area contributed by atoms with E-state index in [4.69, 9.17) is 28.1 Å². The molecule has 4 aliphatic heterocycles. The summed E-state index contributed by atoms with van der Waals surface area (Å²) in [6, 6.07) is 21.2. The Morgan fingerprint density at radius 3 is 2.18 bits per heavy atom. The third-order valence-electron chi connectivity index (χ3n) is 12.2. The van der Waals surface area contributed by atoms with Crippen LogP contribution in [0.2, 0.25) is 18.1 Å². The number of benzene rings is 4. The molecule has 2 bridgehead atoms. The van der Waals surface area contributed by atoms with Crippen molar-refractivity contribution in [2.45, 2.75) is 90.5 Å². The highest BCUT2D eigenvalue weighted by molar-refractivity contribution is 6.74. The minimum absolute atomic E-state index is 0.0231. The van der Waals surface area contributed by atoms with E-state index in [1.54, 1.807) is 7.11 Å². The van der Waals surface area contributed by atoms with Gasteiger partial charge in [0.15, 0.2) is 23.0 Å². The van der Waals surface area contributed by atoms with Gasteiger partial charge in [0.1, 0.15) is 12.4 Å². The van der Waals surface area contributed by atoms with Crippen molar-refractivity contribution in [2.24, 2.45) is 0 Å². The predicted molar refractivity (Wildman–Crippen MR) is 215 cm³/mol. The molecule has 0 radical (unpaired) electrons. The number of hydrogen-bond donors (Lipinski definition) is 0. The highest BCUT2D eigenvalue weighted by Crippen LogP contribution is 2.59. The van der Waals surface area contributed by atoms with Gasteiger partial charge < -0.3 is 33.0 Å². The van der Waals surface area contributed by atoms with Crippen LogP contribution in [0.4, 0.5) is 0 Å². The van der Waals surface area contributed by atoms with Crippen LogP contribution < -0.4 is 23.4 Å². The van der Waals surface area contributed by atoms with Crippen LogP contribution in [-0.2, 0) is 29.2 Å². The van der Waals surface area contributed by atoms with Crippen molar-refractivity contribution in [1.29, 1.82) is 0 Å². The van der Waals surface area contributed by atoms with E-state index >= 15 is 4.79 Å². The second-order valence-corrected chi connectivity index (χ2v) is 21.4. The van der Waals surface area contributed by atoms with Crippen molar-refractivity contribution in [3.63, 3.8) is 0 Å². The van der Waals surface area contributed by atoms with E-state index in [-0.39, 0.29) is 30.4 Å². The molecule has 0 saturated carbocycles. The van der Waals surface area contributed by atoms with Gasteiger partial charge in [-0.1, -0.05) is 87.5 Å². The number of amides is 1. The molecule has 9 nitrogen and oxygen atoms in total. The lowest BCUT2D eigenvalue weighted by molar-refractivity contribution is -0.145. The van der Waals surface area contributed by atoms with Crippen molar-refractivity contribution >= 4 is 20.3 Å². The molecule has 1 fully saturated rings. The number of nitrogens with zero attached hydrogens (tertiary/aromatic N) is 2. The number of likely N-dealkylation sites (N-methyl/N-ethyl adjacent to an activating group) is 1. The van der Waals surface area contributed by atoms with Gasteiger partial charge in [-0.05, 0) is 73.8 Å². The van der Waals surface area contributed by atoms with Crippen LogP contribution >= 0.6 is 0 Å². The number of fused-ring (bicyclic) bond motifs is 9. The Morgan fingerprint density at radius 2 is 1.53 bits per heavy atom. The molecule has 55 heavy (non-hydrogen) atoms. The molecule has 4 aromatic carbocycles. The van der Waals surface area contributed by atoms with Gasteiger partial charge in [0.05, 0.1) is 38.4 Å². The summed E-state index contributed by atoms with van der Waals surface area (Å²) in [6.45, 7) is 16.5. The zero-order chi connectivity index (χ0) is 38.8. The lowest BCUT2D eigenvalue weighted by Gasteiger charge is -2.53. The standard InChI is InChI=1S/C45H52N2O7Si/c1-27-20-31-21-34-44(48)47-33(38(46(34)6)36(31)42(39(27)49-7)51-24-30-18-14-11-15-19-30)22-32-37(35(47)25-50-23-29-16-12-10-13-17-29)43-41(52-26-53-43)28(2)40(32)54-55(8,9)45(3,4)5/h10-20,22,34-35,38H,21,23-26H2,1-9H3/t34-,35+,38-/m0/s1. The average molecular weight is 761 g/mol. The van der Waals surface area contributed by atoms with Crippen molar-refractivity contribution in [1.82, 2.24) is 9.80 Å². The molecule has 288 valence electrons. The number of ether oxygens (including phenoxy) is 5. The molecule has 0 unspecified atom stereocenters. The Kier molecular flexibility index (Phi) is 9.50. The second kappa shape index (κ2) is 14.1. The first-order valence-corrected chi connectivity index (χ1v) is 22.1. The Labute approximate surface area is 325 Å². The Morgan fingerprint density at radius 1 is 0.873 bits per heavy atom. The molecule has 4 heterocycles. The summed E-state index contributed by atoms with van der Waals surface area (Å²) in [7, 11) is 1.38. The maximum atomic E-state index is 15.1. The van der Waals surface area contributed by atoms with Crippen LogP contribution in [0, 0.1) is 13.8 Å². The highest BCUT2D eigenvalue weighted by atomic mass is 28.4. The second-order valence-electron chi connectivity index (χ2n) is 16.7. The summed E-state index contributed by atoms with van der Waals surface area (Å²) in [5.74, 6) is 3.53. The molecule has 8 rings (SSSR count). The van der Waals surface area contributed by atoms with Gasteiger partial charge in [0.2, 0.25) is 12.7 Å². The van der Waals surface area contributed by atoms with E-state index in [0.717, 1.165) is 56.0 Å². The molecule has 0 spiro atoms. The van der Waals surface area contributed by atoms with Crippen molar-refractivity contribution < 1.29 is 32.9 Å². The van der Waals surface area contributed by atoms with Crippen molar-refractivity contribution in [2.75, 3.05) is 27.6 Å². The van der Waals surface area contributed by atoms with Gasteiger partial charge >= 0.3 is 0 Å². The van der Waals surface area contributed by atoms with Crippen LogP contribution in [0.5, 0.6) is 28.7 Å². The first-order valence-electron chi connectivity index (χ1n) is 19.2. The number of rotatable bonds is 10. The largest absolute Gasteiger partial charge is 0.543 e. The number of carbonyl (C=O) groups excluding carboxylic acids is 1. The van der Waals surface area contributed by atoms with Gasteiger partial charge in [-0.2, -0.15) is 0 Å². The molecule has 1 saturated heterocycles. The molecule has 1 amide bonds. The lowest BCUT2D eigenvalue weighted by Crippen LogP contribution is -2.60. The fourth-order valence-corrected chi connectivity index (χ4v) is 9.40. The zero-order valence-electron chi connectivity index (χ0n) is 33.4. The Bertz CT molecular complexity index is 2160. The molecule has 4 aliphatic rings. The smallest absolute Gasteiger partial charge is 0.250 e. The van der Waals surface area contributed by atoms with Crippen LogP contribution in [-0.4, -0.2) is 57.6 Å². The first-order chi connectivity index (χ1) is 26.3. The van der Waals surface area contributed by atoms with Crippen molar-refractivity contribution in [3.05, 3.63) is 117 Å². The molecule has 3 atom stereocenters. The highest BCUT2D eigenvalue weighted by Gasteiger charge is 2.54. The zero-order valence-corrected chi connectivity index (χ0v) is 34.4. The Hall–Kier alpha value is -4.77. The quantitative estimate of drug-likeness (QED) is 0.148. The molecular weight excluding hydrogens is 709 g/mol. The average Bonchev–Trinajstić information content (AvgIpc) is 3.65. The minimum atomic E-state index is -2.37. The lowest BCUT2D eigenvalue weighted by atomic mass is 9.78. The van der Waals surface area contributed by atoms with E-state index in [0.29, 0.717) is 42.6 Å². The van der Waals surface area contributed by atoms with E-state index < -0.39 is 20.4 Å². The van der Waals surface area contributed by atoms with Crippen LogP contribution in [0.15, 0.2) is 72.4 Å². The SMILES string of the molecule is COc1c(C)cc2c(c1OCc1ccccc1)[C@@H]1C3=Cc4c(O[Si](C)(C)C(C)(C)C)c(C)c5c(c4[C@@H](COCc4ccccc4)N3C(=O)[C@H](C2)N1C)OCO5. The van der Waals surface area contributed by atoms with Crippen LogP contribution in [0.3, 0.4) is 0 Å². The number of carbonyl (C=O) groups is 1. The fourth-order valence-electron chi connectivity index (χ4n) is 8.32. The molecular formula is C45H52N2O7Si. The predicted octanol–water partition coefficient (Wildman–Crippen LogP) is 9.06. The summed E-state index contributed by atoms with van der Waals surface area (Å²) in [6.07, 6.45) is 2.70. The van der Waals surface area contributed by atoms with Crippen LogP contribution in [0.25, 0.3) is 6.08 Å². The topological polar surface area (TPSA) is 78.9 Å². The molecule has 0 N–H and O–H groups in total. The van der Waals surface area contributed by atoms with E-state index in [1.165, 1.54) is 0 Å². The minimum Gasteiger partial charge on any atom is -0.543 e. The first kappa shape index (κ1) is 37.2. The maximum Gasteiger partial charge on any atom is 0.250 e. The molecule has 4 aromatic rings. The van der Waals surface area contributed by atoms with Gasteiger partial charge in [-0.3, -0.25) is 9.69 Å². The summed E-state index contributed by atoms with van der Waals surface area (Å²) < 4.78 is 39.2. The number of methoxy groups -OCH3 is 1. The van der Waals surface area contributed by atoms with E-state index in [9.17, 15) is 0 Å². The third-order valence-corrected chi connectivity index (χ3v) is 16.5. The monoisotopic (exact) mass is 760 g/mol. The number of aryl methyl sites for hydroxylation is 1. The number of hydrogen-bond acceptors (Lipinski definition) is 8. The summed E-state index contributed by atoms with van der Waals surface area (Å²) in [5, 5.41) is -0.0648. The third kappa shape index (κ3) is 6.28. The van der Waals surface area contributed by atoms with Gasteiger partial charge in [0.25, 0.3) is 8.32 Å². The summed E-state index contributed by atoms with van der Waals surface area (Å²) in [4.78, 5) is 19.3. The van der Waals surface area contributed by atoms with Crippen LogP contribution in [0.1, 0.15) is 77.4 Å². The van der Waals surface area contributed by atoms with Crippen molar-refractivity contribution in [3.8, 4) is 28.7 Å². The molecule has 10 heteroatoms. The Balaban J connectivity index is 1.34. The van der Waals surface area contributed by atoms with E-state index in [2.05, 4.69) is 89.1 Å². The van der Waals surface area contributed by atoms with Gasteiger partial charge in [-0.15, -0.1) is 0 Å². The number of piperazine rings is 1. The fraction of sp³-hybridized carbons (Fsp3) is 0.400. The summed E-state index contributed by atoms with van der Waals surface area (Å²) in [5.41, 5.74) is 8.70. The van der Waals surface area contributed by atoms with E-state index in [1.807, 2.05) is 48.2 Å². The van der Waals surface area contributed by atoms with Gasteiger partial charge in [0, 0.05) is 28.0 Å². The molecule has 0 aromatic heterocycles. The summed E-state index contributed by atoms with van der Waals surface area (Å²) >= 11 is 0. The maximum absolute atomic E-state index is 15.1. The normalized spacial score (nSPS) is 20.0.